The highest BCUT2D eigenvalue weighted by molar-refractivity contribution is 7.89. The van der Waals surface area contributed by atoms with Crippen LogP contribution >= 0.6 is 0 Å². The second-order valence-corrected chi connectivity index (χ2v) is 6.95. The molecule has 1 heterocycles. The van der Waals surface area contributed by atoms with Crippen LogP contribution in [-0.2, 0) is 24.3 Å². The Kier molecular flexibility index (Phi) is 5.72. The first-order chi connectivity index (χ1) is 8.75. The van der Waals surface area contributed by atoms with Gasteiger partial charge < -0.3 is 14.6 Å². The smallest absolute Gasteiger partial charge is 0.310 e. The van der Waals surface area contributed by atoms with Crippen molar-refractivity contribution >= 4 is 16.0 Å². The molecule has 2 unspecified atom stereocenters. The largest absolute Gasteiger partial charge is 0.481 e. The van der Waals surface area contributed by atoms with Crippen LogP contribution in [0.5, 0.6) is 0 Å². The minimum atomic E-state index is -3.54. The lowest BCUT2D eigenvalue weighted by atomic mass is 10.1. The van der Waals surface area contributed by atoms with Gasteiger partial charge in [-0.3, -0.25) is 4.79 Å². The number of sulfonamides is 1. The minimum absolute atomic E-state index is 0.0397. The summed E-state index contributed by atoms with van der Waals surface area (Å²) in [5, 5.41) is 9.02. The predicted molar refractivity (Wildman–Crippen MR) is 68.4 cm³/mol. The maximum absolute atomic E-state index is 12.1. The Labute approximate surface area is 113 Å². The fourth-order valence-corrected chi connectivity index (χ4v) is 3.09. The molecule has 0 amide bonds. The second-order valence-electron chi connectivity index (χ2n) is 4.80. The van der Waals surface area contributed by atoms with E-state index in [0.717, 1.165) is 4.31 Å². The van der Waals surface area contributed by atoms with Crippen molar-refractivity contribution in [2.45, 2.75) is 26.0 Å². The summed E-state index contributed by atoms with van der Waals surface area (Å²) in [5.41, 5.74) is 0. The fraction of sp³-hybridized carbons (Fsp3) is 0.909. The Morgan fingerprint density at radius 2 is 2.11 bits per heavy atom. The van der Waals surface area contributed by atoms with Crippen LogP contribution in [0.3, 0.4) is 0 Å². The van der Waals surface area contributed by atoms with Crippen molar-refractivity contribution < 1.29 is 27.8 Å². The van der Waals surface area contributed by atoms with Gasteiger partial charge in [0.25, 0.3) is 0 Å². The van der Waals surface area contributed by atoms with Crippen molar-refractivity contribution in [1.82, 2.24) is 4.31 Å². The van der Waals surface area contributed by atoms with Crippen molar-refractivity contribution in [3.05, 3.63) is 0 Å². The molecule has 1 aliphatic rings. The highest BCUT2D eigenvalue weighted by Gasteiger charge is 2.40. The normalized spacial score (nSPS) is 24.3. The maximum Gasteiger partial charge on any atom is 0.310 e. The van der Waals surface area contributed by atoms with Gasteiger partial charge in [-0.05, 0) is 13.8 Å². The van der Waals surface area contributed by atoms with Gasteiger partial charge in [0.2, 0.25) is 10.0 Å². The van der Waals surface area contributed by atoms with E-state index < -0.39 is 28.0 Å². The Morgan fingerprint density at radius 1 is 1.47 bits per heavy atom. The molecular weight excluding hydrogens is 274 g/mol. The fourth-order valence-electron chi connectivity index (χ4n) is 1.88. The summed E-state index contributed by atoms with van der Waals surface area (Å²) < 4.78 is 35.5. The number of nitrogens with zero attached hydrogens (tertiary/aromatic N) is 1. The number of aliphatic carboxylic acids is 1. The zero-order valence-electron chi connectivity index (χ0n) is 11.4. The topological polar surface area (TPSA) is 93.1 Å². The molecule has 1 aliphatic heterocycles. The van der Waals surface area contributed by atoms with E-state index in [1.807, 2.05) is 13.8 Å². The maximum atomic E-state index is 12.1. The summed E-state index contributed by atoms with van der Waals surface area (Å²) in [7, 11) is -2.15. The average molecular weight is 295 g/mol. The summed E-state index contributed by atoms with van der Waals surface area (Å²) >= 11 is 0. The van der Waals surface area contributed by atoms with Gasteiger partial charge in [-0.15, -0.1) is 0 Å². The van der Waals surface area contributed by atoms with E-state index in [0.29, 0.717) is 0 Å². The van der Waals surface area contributed by atoms with E-state index in [1.165, 1.54) is 7.05 Å². The van der Waals surface area contributed by atoms with Crippen LogP contribution in [0.4, 0.5) is 0 Å². The SMILES string of the molecule is CC(C)OCCS(=O)(=O)N(C)C1COCC1C(=O)O. The first kappa shape index (κ1) is 16.4. The van der Waals surface area contributed by atoms with E-state index >= 15 is 0 Å². The van der Waals surface area contributed by atoms with Crippen LogP contribution in [0.2, 0.25) is 0 Å². The van der Waals surface area contributed by atoms with Gasteiger partial charge in [0.1, 0.15) is 0 Å². The van der Waals surface area contributed by atoms with Crippen LogP contribution in [0.15, 0.2) is 0 Å². The molecule has 19 heavy (non-hydrogen) atoms. The van der Waals surface area contributed by atoms with Crippen LogP contribution in [0, 0.1) is 5.92 Å². The van der Waals surface area contributed by atoms with E-state index in [-0.39, 0.29) is 31.7 Å². The summed E-state index contributed by atoms with van der Waals surface area (Å²) in [5.74, 6) is -2.02. The third-order valence-corrected chi connectivity index (χ3v) is 4.90. The van der Waals surface area contributed by atoms with Crippen molar-refractivity contribution in [2.24, 2.45) is 5.92 Å². The number of ether oxygens (including phenoxy) is 2. The summed E-state index contributed by atoms with van der Waals surface area (Å²) in [6.07, 6.45) is -0.0397. The molecule has 1 rings (SSSR count). The van der Waals surface area contributed by atoms with Crippen LogP contribution in [0.1, 0.15) is 13.8 Å². The number of rotatable bonds is 7. The van der Waals surface area contributed by atoms with E-state index in [1.54, 1.807) is 0 Å². The van der Waals surface area contributed by atoms with Gasteiger partial charge in [-0.1, -0.05) is 0 Å². The molecule has 0 aromatic carbocycles. The summed E-state index contributed by atoms with van der Waals surface area (Å²) in [4.78, 5) is 11.0. The third-order valence-electron chi connectivity index (χ3n) is 3.07. The zero-order valence-corrected chi connectivity index (χ0v) is 12.2. The molecule has 2 atom stereocenters. The van der Waals surface area contributed by atoms with Crippen LogP contribution < -0.4 is 0 Å². The first-order valence-electron chi connectivity index (χ1n) is 6.13. The predicted octanol–water partition coefficient (Wildman–Crippen LogP) is -0.227. The van der Waals surface area contributed by atoms with Crippen LogP contribution in [-0.4, -0.2) is 68.6 Å². The molecule has 0 radical (unpaired) electrons. The number of carboxylic acids is 1. The molecule has 1 saturated heterocycles. The first-order valence-corrected chi connectivity index (χ1v) is 7.74. The van der Waals surface area contributed by atoms with E-state index in [2.05, 4.69) is 0 Å². The molecule has 1 fully saturated rings. The van der Waals surface area contributed by atoms with Gasteiger partial charge in [0.05, 0.1) is 43.6 Å². The van der Waals surface area contributed by atoms with Crippen molar-refractivity contribution in [1.29, 1.82) is 0 Å². The number of likely N-dealkylation sites (N-methyl/N-ethyl adjacent to an activating group) is 1. The van der Waals surface area contributed by atoms with E-state index in [4.69, 9.17) is 14.6 Å². The Bertz CT molecular complexity index is 407. The van der Waals surface area contributed by atoms with Crippen molar-refractivity contribution in [3.63, 3.8) is 0 Å². The molecule has 0 aliphatic carbocycles. The lowest BCUT2D eigenvalue weighted by molar-refractivity contribution is -0.142. The molecule has 0 bridgehead atoms. The highest BCUT2D eigenvalue weighted by atomic mass is 32.2. The van der Waals surface area contributed by atoms with Crippen LogP contribution in [0.25, 0.3) is 0 Å². The zero-order chi connectivity index (χ0) is 14.6. The molecular formula is C11H21NO6S. The summed E-state index contributed by atoms with van der Waals surface area (Å²) in [6, 6.07) is -0.651. The number of carboxylic acid groups (broad SMARTS) is 1. The standard InChI is InChI=1S/C11H21NO6S/c1-8(2)18-4-5-19(15,16)12(3)10-7-17-6-9(10)11(13)14/h8-10H,4-7H2,1-3H3,(H,13,14). The van der Waals surface area contributed by atoms with Gasteiger partial charge in [-0.2, -0.15) is 4.31 Å². The molecule has 0 aromatic heterocycles. The van der Waals surface area contributed by atoms with Gasteiger partial charge in [0, 0.05) is 7.05 Å². The van der Waals surface area contributed by atoms with Gasteiger partial charge in [0.15, 0.2) is 0 Å². The second kappa shape index (κ2) is 6.65. The Morgan fingerprint density at radius 3 is 2.63 bits per heavy atom. The molecule has 0 saturated carbocycles. The number of hydrogen-bond donors (Lipinski definition) is 1. The monoisotopic (exact) mass is 295 g/mol. The minimum Gasteiger partial charge on any atom is -0.481 e. The third kappa shape index (κ3) is 4.41. The van der Waals surface area contributed by atoms with Gasteiger partial charge in [-0.25, -0.2) is 8.42 Å². The molecule has 8 heteroatoms. The molecule has 0 aromatic rings. The Balaban J connectivity index is 2.64. The van der Waals surface area contributed by atoms with Gasteiger partial charge >= 0.3 is 5.97 Å². The highest BCUT2D eigenvalue weighted by Crippen LogP contribution is 2.21. The summed E-state index contributed by atoms with van der Waals surface area (Å²) in [6.45, 7) is 3.89. The lowest BCUT2D eigenvalue weighted by Crippen LogP contribution is -2.45. The average Bonchev–Trinajstić information content (AvgIpc) is 2.75. The van der Waals surface area contributed by atoms with Crippen molar-refractivity contribution in [2.75, 3.05) is 32.6 Å². The molecule has 7 nitrogen and oxygen atoms in total. The van der Waals surface area contributed by atoms with Crippen molar-refractivity contribution in [3.8, 4) is 0 Å². The quantitative estimate of drug-likeness (QED) is 0.697. The lowest BCUT2D eigenvalue weighted by Gasteiger charge is -2.25. The molecule has 1 N–H and O–H groups in total. The van der Waals surface area contributed by atoms with E-state index in [9.17, 15) is 13.2 Å². The molecule has 0 spiro atoms. The number of hydrogen-bond acceptors (Lipinski definition) is 5. The Hall–Kier alpha value is -0.700. The number of carbonyl (C=O) groups is 1. The molecule has 112 valence electrons.